The highest BCUT2D eigenvalue weighted by atomic mass is 35.5. The quantitative estimate of drug-likeness (QED) is 0.151. The van der Waals surface area contributed by atoms with Crippen LogP contribution in [0.2, 0.25) is 0 Å². The maximum Gasteiger partial charge on any atom is 0.168 e. The van der Waals surface area contributed by atoms with Crippen LogP contribution < -0.4 is 9.47 Å². The third-order valence-corrected chi connectivity index (χ3v) is 10.2. The molecule has 8 rings (SSSR count). The van der Waals surface area contributed by atoms with Crippen molar-refractivity contribution in [2.75, 3.05) is 79.0 Å². The first-order valence-corrected chi connectivity index (χ1v) is 17.6. The number of epoxide rings is 6. The first-order valence-electron chi connectivity index (χ1n) is 16.8. The van der Waals surface area contributed by atoms with E-state index in [1.807, 2.05) is 0 Å². The minimum Gasteiger partial charge on any atom is -0.490 e. The normalized spacial score (nSPS) is 28.5. The largest absolute Gasteiger partial charge is 0.490 e. The van der Waals surface area contributed by atoms with Crippen molar-refractivity contribution in [3.05, 3.63) is 57.6 Å². The number of ether oxygens (including phenoxy) is 8. The van der Waals surface area contributed by atoms with E-state index in [0.717, 1.165) is 111 Å². The summed E-state index contributed by atoms with van der Waals surface area (Å²) in [5.74, 6) is 1.71. The Bertz CT molecular complexity index is 1300. The Labute approximate surface area is 286 Å². The molecule has 256 valence electrons. The summed E-state index contributed by atoms with van der Waals surface area (Å²) in [6.45, 7) is 14.5. The highest BCUT2D eigenvalue weighted by Crippen LogP contribution is 2.46. The number of benzene rings is 2. The van der Waals surface area contributed by atoms with E-state index in [9.17, 15) is 0 Å². The number of hydrogen-bond donors (Lipinski definition) is 0. The van der Waals surface area contributed by atoms with E-state index in [-0.39, 0.29) is 36.6 Å². The van der Waals surface area contributed by atoms with E-state index >= 15 is 0 Å². The Kier molecular flexibility index (Phi) is 9.37. The van der Waals surface area contributed by atoms with Gasteiger partial charge >= 0.3 is 0 Å². The van der Waals surface area contributed by atoms with Gasteiger partial charge in [-0.25, -0.2) is 0 Å². The molecule has 0 radical (unpaired) electrons. The summed E-state index contributed by atoms with van der Waals surface area (Å²) in [5, 5.41) is 0. The Hall–Kier alpha value is -1.70. The summed E-state index contributed by atoms with van der Waals surface area (Å²) >= 11 is 14.9. The molecule has 2 aromatic rings. The van der Waals surface area contributed by atoms with E-state index in [2.05, 4.69) is 47.9 Å². The van der Waals surface area contributed by atoms with Crippen LogP contribution in [0.25, 0.3) is 0 Å². The van der Waals surface area contributed by atoms with Gasteiger partial charge in [-0.15, -0.1) is 0 Å². The second-order valence-electron chi connectivity index (χ2n) is 13.9. The van der Waals surface area contributed by atoms with Crippen molar-refractivity contribution in [3.63, 3.8) is 0 Å². The molecule has 0 N–H and O–H groups in total. The highest BCUT2D eigenvalue weighted by Gasteiger charge is 2.36. The van der Waals surface area contributed by atoms with E-state index in [1.165, 1.54) is 0 Å². The number of alkyl halides is 2. The lowest BCUT2D eigenvalue weighted by atomic mass is 9.94. The first-order chi connectivity index (χ1) is 22.8. The van der Waals surface area contributed by atoms with E-state index in [4.69, 9.17) is 61.1 Å². The minimum atomic E-state index is -1.33. The summed E-state index contributed by atoms with van der Waals surface area (Å²) in [7, 11) is 0. The van der Waals surface area contributed by atoms with Gasteiger partial charge in [0.1, 0.15) is 36.9 Å². The van der Waals surface area contributed by atoms with Gasteiger partial charge in [-0.1, -0.05) is 23.2 Å². The summed E-state index contributed by atoms with van der Waals surface area (Å²) in [6, 6.07) is 8.32. The van der Waals surface area contributed by atoms with Crippen LogP contribution in [0.5, 0.6) is 11.5 Å². The molecule has 47 heavy (non-hydrogen) atoms. The second kappa shape index (κ2) is 13.5. The lowest BCUT2D eigenvalue weighted by Crippen LogP contribution is -2.32. The molecule has 2 aromatic carbocycles. The molecule has 0 bridgehead atoms. The van der Waals surface area contributed by atoms with Crippen LogP contribution in [0, 0.1) is 13.8 Å². The predicted molar refractivity (Wildman–Crippen MR) is 175 cm³/mol. The zero-order chi connectivity index (χ0) is 32.1. The molecule has 12 heteroatoms. The molecule has 0 aliphatic carbocycles. The van der Waals surface area contributed by atoms with E-state index in [0.29, 0.717) is 26.3 Å². The number of halogens is 2. The third-order valence-electron chi connectivity index (χ3n) is 9.30. The summed E-state index contributed by atoms with van der Waals surface area (Å²) in [5.41, 5.74) is 5.64. The SMILES string of the molecule is Cc1cc(C(Cl)(Cl)c2cc(C)c(OCC3CO3)c(CN(CC3CO3)CC3CO3)c2)cc(CN(CC2CO2)CC2CO2)c1OCC1CO1. The maximum absolute atomic E-state index is 7.44. The van der Waals surface area contributed by atoms with Gasteiger partial charge in [0.2, 0.25) is 0 Å². The van der Waals surface area contributed by atoms with Crippen molar-refractivity contribution in [3.8, 4) is 11.5 Å². The lowest BCUT2D eigenvalue weighted by Gasteiger charge is -2.28. The van der Waals surface area contributed by atoms with Crippen LogP contribution in [0.3, 0.4) is 0 Å². The molecular weight excluding hydrogens is 647 g/mol. The van der Waals surface area contributed by atoms with Gasteiger partial charge in [0.25, 0.3) is 0 Å². The zero-order valence-electron chi connectivity index (χ0n) is 27.1. The van der Waals surface area contributed by atoms with Gasteiger partial charge in [-0.05, 0) is 60.4 Å². The average molecular weight is 692 g/mol. The molecule has 0 spiro atoms. The Morgan fingerprint density at radius 1 is 0.574 bits per heavy atom. The molecule has 6 unspecified atom stereocenters. The van der Waals surface area contributed by atoms with Crippen LogP contribution in [-0.4, -0.2) is 125 Å². The average Bonchev–Trinajstić information content (AvgIpc) is 3.81. The maximum atomic E-state index is 7.44. The molecular formula is C35H44Cl2N2O8. The van der Waals surface area contributed by atoms with Crippen molar-refractivity contribution in [2.24, 2.45) is 0 Å². The van der Waals surface area contributed by atoms with Crippen LogP contribution in [0.1, 0.15) is 33.4 Å². The number of aryl methyl sites for hydroxylation is 2. The van der Waals surface area contributed by atoms with Gasteiger partial charge in [-0.3, -0.25) is 9.80 Å². The monoisotopic (exact) mass is 690 g/mol. The smallest absolute Gasteiger partial charge is 0.168 e. The molecule has 6 aliphatic heterocycles. The zero-order valence-corrected chi connectivity index (χ0v) is 28.6. The minimum absolute atomic E-state index is 0.143. The molecule has 6 aliphatic rings. The summed E-state index contributed by atoms with van der Waals surface area (Å²) in [4.78, 5) is 4.77. The Balaban J connectivity index is 1.11. The molecule has 6 fully saturated rings. The molecule has 0 amide bonds. The van der Waals surface area contributed by atoms with Gasteiger partial charge in [-0.2, -0.15) is 0 Å². The van der Waals surface area contributed by atoms with E-state index in [1.54, 1.807) is 0 Å². The molecule has 6 heterocycles. The Morgan fingerprint density at radius 3 is 1.19 bits per heavy atom. The van der Waals surface area contributed by atoms with Gasteiger partial charge in [0.15, 0.2) is 4.33 Å². The fourth-order valence-electron chi connectivity index (χ4n) is 6.29. The van der Waals surface area contributed by atoms with Gasteiger partial charge in [0, 0.05) is 50.4 Å². The first kappa shape index (κ1) is 32.5. The number of nitrogens with zero attached hydrogens (tertiary/aromatic N) is 2. The fraction of sp³-hybridized carbons (Fsp3) is 0.657. The van der Waals surface area contributed by atoms with Crippen molar-refractivity contribution in [1.29, 1.82) is 0 Å². The second-order valence-corrected chi connectivity index (χ2v) is 15.2. The van der Waals surface area contributed by atoms with Crippen molar-refractivity contribution in [1.82, 2.24) is 9.80 Å². The van der Waals surface area contributed by atoms with Crippen molar-refractivity contribution >= 4 is 23.2 Å². The van der Waals surface area contributed by atoms with Crippen LogP contribution >= 0.6 is 23.2 Å². The molecule has 0 aromatic heterocycles. The van der Waals surface area contributed by atoms with Crippen molar-refractivity contribution < 1.29 is 37.9 Å². The van der Waals surface area contributed by atoms with Gasteiger partial charge in [0.05, 0.1) is 64.1 Å². The molecule has 10 nitrogen and oxygen atoms in total. The lowest BCUT2D eigenvalue weighted by molar-refractivity contribution is 0.207. The van der Waals surface area contributed by atoms with E-state index < -0.39 is 4.33 Å². The molecule has 6 atom stereocenters. The van der Waals surface area contributed by atoms with Gasteiger partial charge < -0.3 is 37.9 Å². The molecule has 6 saturated heterocycles. The van der Waals surface area contributed by atoms with Crippen molar-refractivity contribution in [2.45, 2.75) is 67.9 Å². The fourth-order valence-corrected chi connectivity index (χ4v) is 6.72. The standard InChI is InChI=1S/C35H44Cl2N2O8/c1-21-3-25(5-23(33(21)46-19-31-17-44-31)7-38(9-27-13-40-27)10-28-14-41-28)35(36,37)26-4-22(2)34(47-20-32-18-45-32)24(6-26)8-39(11-29-15-42-29)12-30-16-43-30/h3-6,27-32H,7-20H2,1-2H3. The van der Waals surface area contributed by atoms with Crippen LogP contribution in [0.15, 0.2) is 24.3 Å². The number of rotatable bonds is 20. The highest BCUT2D eigenvalue weighted by molar-refractivity contribution is 6.50. The number of hydrogen-bond acceptors (Lipinski definition) is 10. The summed E-state index contributed by atoms with van der Waals surface area (Å²) in [6.07, 6.45) is 1.32. The van der Waals surface area contributed by atoms with Crippen LogP contribution in [-0.2, 0) is 45.8 Å². The Morgan fingerprint density at radius 2 is 0.894 bits per heavy atom. The third kappa shape index (κ3) is 8.91. The molecule has 0 saturated carbocycles. The summed E-state index contributed by atoms with van der Waals surface area (Å²) < 4.78 is 44.7. The predicted octanol–water partition coefficient (Wildman–Crippen LogP) is 3.74. The van der Waals surface area contributed by atoms with Crippen LogP contribution in [0.4, 0.5) is 0 Å². The topological polar surface area (TPSA) is 100 Å².